The fourth-order valence-corrected chi connectivity index (χ4v) is 2.66. The molecule has 0 unspecified atom stereocenters. The van der Waals surface area contributed by atoms with Crippen molar-refractivity contribution in [3.05, 3.63) is 16.3 Å². The van der Waals surface area contributed by atoms with E-state index in [0.717, 1.165) is 29.3 Å². The van der Waals surface area contributed by atoms with E-state index in [9.17, 15) is 4.79 Å². The molecule has 0 atom stereocenters. The molecule has 15 heavy (non-hydrogen) atoms. The molecule has 1 amide bonds. The van der Waals surface area contributed by atoms with Crippen molar-refractivity contribution >= 4 is 29.9 Å². The maximum atomic E-state index is 12.0. The Balaban J connectivity index is 2.06. The first-order valence-electron chi connectivity index (χ1n) is 4.92. The lowest BCUT2D eigenvalue weighted by Crippen LogP contribution is -2.32. The normalized spacial score (nSPS) is 17.5. The smallest absolute Gasteiger partial charge is 0.264 e. The van der Waals surface area contributed by atoms with E-state index in [2.05, 4.69) is 12.6 Å². The Morgan fingerprint density at radius 1 is 1.47 bits per heavy atom. The lowest BCUT2D eigenvalue weighted by Gasteiger charge is -2.18. The van der Waals surface area contributed by atoms with Gasteiger partial charge in [-0.15, -0.1) is 24.0 Å². The molecule has 2 heterocycles. The van der Waals surface area contributed by atoms with Gasteiger partial charge in [-0.1, -0.05) is 0 Å². The molecule has 5 heteroatoms. The molecule has 0 aliphatic carbocycles. The maximum Gasteiger partial charge on any atom is 0.264 e. The average molecular weight is 243 g/mol. The second kappa shape index (κ2) is 5.01. The molecule has 3 nitrogen and oxygen atoms in total. The Morgan fingerprint density at radius 2 is 2.33 bits per heavy atom. The van der Waals surface area contributed by atoms with Crippen LogP contribution >= 0.6 is 24.0 Å². The number of thiophene rings is 1. The van der Waals surface area contributed by atoms with E-state index in [1.807, 2.05) is 16.3 Å². The minimum Gasteiger partial charge on any atom is -0.380 e. The van der Waals surface area contributed by atoms with Crippen molar-refractivity contribution in [2.24, 2.45) is 0 Å². The summed E-state index contributed by atoms with van der Waals surface area (Å²) in [4.78, 5) is 15.5. The minimum atomic E-state index is 0.103. The second-order valence-electron chi connectivity index (χ2n) is 3.43. The van der Waals surface area contributed by atoms with Gasteiger partial charge < -0.3 is 9.64 Å². The zero-order chi connectivity index (χ0) is 10.7. The molecule has 0 aromatic carbocycles. The van der Waals surface area contributed by atoms with Gasteiger partial charge in [0.15, 0.2) is 0 Å². The van der Waals surface area contributed by atoms with E-state index in [0.29, 0.717) is 13.2 Å². The van der Waals surface area contributed by atoms with Gasteiger partial charge in [0.05, 0.1) is 11.5 Å². The quantitative estimate of drug-likeness (QED) is 0.763. The van der Waals surface area contributed by atoms with Crippen LogP contribution in [0.3, 0.4) is 0 Å². The lowest BCUT2D eigenvalue weighted by molar-refractivity contribution is 0.0746. The van der Waals surface area contributed by atoms with E-state index in [1.165, 1.54) is 11.3 Å². The summed E-state index contributed by atoms with van der Waals surface area (Å²) in [6.45, 7) is 2.88. The van der Waals surface area contributed by atoms with Crippen LogP contribution in [-0.4, -0.2) is 37.1 Å². The van der Waals surface area contributed by atoms with Crippen molar-refractivity contribution in [1.29, 1.82) is 0 Å². The molecular weight excluding hydrogens is 230 g/mol. The molecule has 0 spiro atoms. The molecular formula is C10H13NO2S2. The van der Waals surface area contributed by atoms with Gasteiger partial charge in [0.1, 0.15) is 0 Å². The number of rotatable bonds is 1. The molecule has 1 saturated heterocycles. The summed E-state index contributed by atoms with van der Waals surface area (Å²) >= 11 is 5.65. The monoisotopic (exact) mass is 243 g/mol. The van der Waals surface area contributed by atoms with Crippen LogP contribution in [0.15, 0.2) is 16.3 Å². The summed E-state index contributed by atoms with van der Waals surface area (Å²) in [5.74, 6) is 0.103. The van der Waals surface area contributed by atoms with Gasteiger partial charge in [0.2, 0.25) is 0 Å². The van der Waals surface area contributed by atoms with Crippen LogP contribution < -0.4 is 0 Å². The largest absolute Gasteiger partial charge is 0.380 e. The first-order valence-corrected chi connectivity index (χ1v) is 6.24. The number of amides is 1. The SMILES string of the molecule is O=C(c1cc(S)cs1)N1CCCOCC1. The van der Waals surface area contributed by atoms with Crippen LogP contribution in [0.2, 0.25) is 0 Å². The number of carbonyl (C=O) groups is 1. The van der Waals surface area contributed by atoms with Gasteiger partial charge in [-0.05, 0) is 12.5 Å². The summed E-state index contributed by atoms with van der Waals surface area (Å²) in [5.41, 5.74) is 0. The number of nitrogens with zero attached hydrogens (tertiary/aromatic N) is 1. The predicted molar refractivity (Wildman–Crippen MR) is 62.9 cm³/mol. The second-order valence-corrected chi connectivity index (χ2v) is 4.85. The van der Waals surface area contributed by atoms with Crippen molar-refractivity contribution < 1.29 is 9.53 Å². The highest BCUT2D eigenvalue weighted by molar-refractivity contribution is 7.80. The lowest BCUT2D eigenvalue weighted by atomic mass is 10.3. The molecule has 0 saturated carbocycles. The van der Waals surface area contributed by atoms with E-state index in [1.54, 1.807) is 0 Å². The van der Waals surface area contributed by atoms with E-state index in [-0.39, 0.29) is 5.91 Å². The standard InChI is InChI=1S/C10H13NO2S2/c12-10(9-6-8(14)7-15-9)11-2-1-4-13-5-3-11/h6-7,14H,1-5H2. The van der Waals surface area contributed by atoms with Crippen LogP contribution in [0.1, 0.15) is 16.1 Å². The van der Waals surface area contributed by atoms with E-state index in [4.69, 9.17) is 4.74 Å². The van der Waals surface area contributed by atoms with Crippen LogP contribution in [0, 0.1) is 0 Å². The summed E-state index contributed by atoms with van der Waals surface area (Å²) in [7, 11) is 0. The van der Waals surface area contributed by atoms with E-state index < -0.39 is 0 Å². The van der Waals surface area contributed by atoms with Gasteiger partial charge in [0, 0.05) is 30.0 Å². The number of hydrogen-bond acceptors (Lipinski definition) is 4. The highest BCUT2D eigenvalue weighted by Gasteiger charge is 2.18. The molecule has 1 aromatic heterocycles. The first kappa shape index (κ1) is 11.0. The number of thiol groups is 1. The molecule has 2 rings (SSSR count). The number of carbonyl (C=O) groups excluding carboxylic acids is 1. The molecule has 1 aliphatic rings. The molecule has 82 valence electrons. The third-order valence-corrected chi connectivity index (χ3v) is 3.66. The highest BCUT2D eigenvalue weighted by atomic mass is 32.1. The van der Waals surface area contributed by atoms with Gasteiger partial charge in [-0.3, -0.25) is 4.79 Å². The van der Waals surface area contributed by atoms with E-state index >= 15 is 0 Å². The number of hydrogen-bond donors (Lipinski definition) is 1. The third kappa shape index (κ3) is 2.74. The van der Waals surface area contributed by atoms with Crippen molar-refractivity contribution in [3.8, 4) is 0 Å². The topological polar surface area (TPSA) is 29.5 Å². The van der Waals surface area contributed by atoms with Gasteiger partial charge in [-0.25, -0.2) is 0 Å². The molecule has 0 N–H and O–H groups in total. The zero-order valence-corrected chi connectivity index (χ0v) is 10.0. The molecule has 0 radical (unpaired) electrons. The molecule has 1 aromatic rings. The van der Waals surface area contributed by atoms with Crippen LogP contribution in [-0.2, 0) is 4.74 Å². The van der Waals surface area contributed by atoms with Gasteiger partial charge in [0.25, 0.3) is 5.91 Å². The first-order chi connectivity index (χ1) is 7.27. The Kier molecular flexibility index (Phi) is 3.66. The Labute approximate surface area is 98.4 Å². The minimum absolute atomic E-state index is 0.103. The average Bonchev–Trinajstić information content (AvgIpc) is 2.53. The van der Waals surface area contributed by atoms with Crippen LogP contribution in [0.25, 0.3) is 0 Å². The fraction of sp³-hybridized carbons (Fsp3) is 0.500. The van der Waals surface area contributed by atoms with Gasteiger partial charge in [-0.2, -0.15) is 0 Å². The van der Waals surface area contributed by atoms with Gasteiger partial charge >= 0.3 is 0 Å². The van der Waals surface area contributed by atoms with Crippen LogP contribution in [0.5, 0.6) is 0 Å². The zero-order valence-electron chi connectivity index (χ0n) is 8.31. The Morgan fingerprint density at radius 3 is 3.07 bits per heavy atom. The molecule has 1 aliphatic heterocycles. The Bertz CT molecular complexity index is 343. The molecule has 1 fully saturated rings. The summed E-state index contributed by atoms with van der Waals surface area (Å²) in [6.07, 6.45) is 0.921. The summed E-state index contributed by atoms with van der Waals surface area (Å²) < 4.78 is 5.31. The van der Waals surface area contributed by atoms with Crippen molar-refractivity contribution in [2.45, 2.75) is 11.3 Å². The van der Waals surface area contributed by atoms with Crippen molar-refractivity contribution in [2.75, 3.05) is 26.3 Å². The van der Waals surface area contributed by atoms with Crippen molar-refractivity contribution in [1.82, 2.24) is 4.90 Å². The maximum absolute atomic E-state index is 12.0. The summed E-state index contributed by atoms with van der Waals surface area (Å²) in [6, 6.07) is 1.82. The third-order valence-electron chi connectivity index (χ3n) is 2.31. The number of ether oxygens (including phenoxy) is 1. The van der Waals surface area contributed by atoms with Crippen LogP contribution in [0.4, 0.5) is 0 Å². The predicted octanol–water partition coefficient (Wildman–Crippen LogP) is 1.90. The molecule has 0 bridgehead atoms. The Hall–Kier alpha value is -0.520. The van der Waals surface area contributed by atoms with Crippen molar-refractivity contribution in [3.63, 3.8) is 0 Å². The highest BCUT2D eigenvalue weighted by Crippen LogP contribution is 2.19. The summed E-state index contributed by atoms with van der Waals surface area (Å²) in [5, 5.41) is 1.88. The fourth-order valence-electron chi connectivity index (χ4n) is 1.54.